The number of benzene rings is 1. The van der Waals surface area contributed by atoms with Crippen molar-refractivity contribution < 1.29 is 18.3 Å². The van der Waals surface area contributed by atoms with Gasteiger partial charge in [-0.25, -0.2) is 0 Å². The van der Waals surface area contributed by atoms with Crippen molar-refractivity contribution in [3.8, 4) is 0 Å². The number of hydrogen-bond donors (Lipinski definition) is 1. The number of hydrogen-bond acceptors (Lipinski definition) is 2. The minimum Gasteiger partial charge on any atom is -0.392 e. The molecule has 17 heavy (non-hydrogen) atoms. The highest BCUT2D eigenvalue weighted by Gasteiger charge is 2.31. The quantitative estimate of drug-likeness (QED) is 0.833. The molecule has 0 heterocycles. The smallest absolute Gasteiger partial charge is 0.392 e. The van der Waals surface area contributed by atoms with Gasteiger partial charge in [0.2, 0.25) is 0 Å². The Morgan fingerprint density at radius 3 is 2.29 bits per heavy atom. The van der Waals surface area contributed by atoms with E-state index in [2.05, 4.69) is 15.9 Å². The Kier molecular flexibility index (Phi) is 4.92. The van der Waals surface area contributed by atoms with Crippen LogP contribution in [0.1, 0.15) is 19.4 Å². The fraction of sp³-hybridized carbons (Fsp3) is 0.455. The summed E-state index contributed by atoms with van der Waals surface area (Å²) in [5, 5.41) is 9.26. The highest BCUT2D eigenvalue weighted by Crippen LogP contribution is 2.37. The van der Waals surface area contributed by atoms with Crippen molar-refractivity contribution in [1.82, 2.24) is 0 Å². The van der Waals surface area contributed by atoms with Gasteiger partial charge in [0.15, 0.2) is 0 Å². The van der Waals surface area contributed by atoms with E-state index in [1.54, 1.807) is 6.92 Å². The molecule has 0 aliphatic carbocycles. The molecule has 0 saturated heterocycles. The van der Waals surface area contributed by atoms with Crippen LogP contribution in [0.25, 0.3) is 0 Å². The van der Waals surface area contributed by atoms with Crippen LogP contribution in [-0.2, 0) is 6.18 Å². The van der Waals surface area contributed by atoms with Crippen LogP contribution in [0.3, 0.4) is 0 Å². The molecule has 1 aromatic rings. The molecule has 0 spiro atoms. The van der Waals surface area contributed by atoms with Crippen LogP contribution >= 0.6 is 27.7 Å². The number of aliphatic hydroxyl groups is 1. The maximum atomic E-state index is 12.4. The Hall–Kier alpha value is -0.200. The first-order valence-corrected chi connectivity index (χ1v) is 6.60. The molecule has 6 heteroatoms. The maximum absolute atomic E-state index is 12.4. The standard InChI is InChI=1S/C11H12BrF3OS/c1-6(16)7(2)17-10-4-3-8(5-9(10)12)11(13,14)15/h3-7,16H,1-2H3. The van der Waals surface area contributed by atoms with E-state index in [4.69, 9.17) is 0 Å². The first-order chi connectivity index (χ1) is 7.71. The summed E-state index contributed by atoms with van der Waals surface area (Å²) in [5.41, 5.74) is -0.682. The minimum atomic E-state index is -4.33. The van der Waals surface area contributed by atoms with Crippen molar-refractivity contribution in [1.29, 1.82) is 0 Å². The molecule has 1 nitrogen and oxygen atoms in total. The molecule has 1 N–H and O–H groups in total. The molecule has 0 fully saturated rings. The molecular weight excluding hydrogens is 317 g/mol. The largest absolute Gasteiger partial charge is 0.416 e. The highest BCUT2D eigenvalue weighted by molar-refractivity contribution is 9.10. The first-order valence-electron chi connectivity index (χ1n) is 4.93. The number of aliphatic hydroxyl groups excluding tert-OH is 1. The molecule has 0 amide bonds. The van der Waals surface area contributed by atoms with Gasteiger partial charge in [0.1, 0.15) is 0 Å². The molecule has 0 aliphatic rings. The lowest BCUT2D eigenvalue weighted by molar-refractivity contribution is -0.137. The molecule has 0 radical (unpaired) electrons. The Morgan fingerprint density at radius 1 is 1.29 bits per heavy atom. The molecule has 0 aromatic heterocycles. The fourth-order valence-electron chi connectivity index (χ4n) is 1.07. The van der Waals surface area contributed by atoms with Gasteiger partial charge >= 0.3 is 6.18 Å². The summed E-state index contributed by atoms with van der Waals surface area (Å²) in [7, 11) is 0. The van der Waals surface area contributed by atoms with Crippen LogP contribution in [0.4, 0.5) is 13.2 Å². The normalized spacial score (nSPS) is 15.7. The van der Waals surface area contributed by atoms with Crippen LogP contribution in [0, 0.1) is 0 Å². The average Bonchev–Trinajstić information content (AvgIpc) is 2.19. The summed E-state index contributed by atoms with van der Waals surface area (Å²) in [6, 6.07) is 3.51. The van der Waals surface area contributed by atoms with Gasteiger partial charge in [-0.15, -0.1) is 11.8 Å². The lowest BCUT2D eigenvalue weighted by Crippen LogP contribution is -2.15. The molecule has 0 saturated carbocycles. The second-order valence-corrected chi connectivity index (χ2v) is 5.98. The van der Waals surface area contributed by atoms with Crippen molar-refractivity contribution in [2.24, 2.45) is 0 Å². The molecule has 96 valence electrons. The van der Waals surface area contributed by atoms with Gasteiger partial charge in [-0.2, -0.15) is 13.2 Å². The van der Waals surface area contributed by atoms with Gasteiger partial charge in [-0.05, 0) is 41.1 Å². The number of thioether (sulfide) groups is 1. The SMILES string of the molecule is CC(O)C(C)Sc1ccc(C(F)(F)F)cc1Br. The van der Waals surface area contributed by atoms with E-state index in [0.717, 1.165) is 12.1 Å². The first kappa shape index (κ1) is 14.9. The van der Waals surface area contributed by atoms with Gasteiger partial charge in [0.25, 0.3) is 0 Å². The summed E-state index contributed by atoms with van der Waals surface area (Å²) in [6.07, 6.45) is -4.85. The third kappa shape index (κ3) is 4.19. The third-order valence-electron chi connectivity index (χ3n) is 2.25. The van der Waals surface area contributed by atoms with E-state index in [9.17, 15) is 18.3 Å². The molecule has 0 aliphatic heterocycles. The second-order valence-electron chi connectivity index (χ2n) is 3.71. The van der Waals surface area contributed by atoms with E-state index < -0.39 is 17.8 Å². The number of alkyl halides is 3. The zero-order valence-electron chi connectivity index (χ0n) is 9.25. The van der Waals surface area contributed by atoms with Crippen LogP contribution in [0.2, 0.25) is 0 Å². The van der Waals surface area contributed by atoms with Crippen LogP contribution in [0.15, 0.2) is 27.6 Å². The summed E-state index contributed by atoms with van der Waals surface area (Å²) in [4.78, 5) is 0.686. The van der Waals surface area contributed by atoms with Crippen molar-refractivity contribution in [3.05, 3.63) is 28.2 Å². The molecule has 1 aromatic carbocycles. The van der Waals surface area contributed by atoms with Crippen molar-refractivity contribution in [2.75, 3.05) is 0 Å². The fourth-order valence-corrected chi connectivity index (χ4v) is 2.65. The molecule has 1 rings (SSSR count). The van der Waals surface area contributed by atoms with Crippen molar-refractivity contribution in [2.45, 2.75) is 36.3 Å². The van der Waals surface area contributed by atoms with Gasteiger partial charge in [0, 0.05) is 14.6 Å². The number of rotatable bonds is 3. The van der Waals surface area contributed by atoms with Crippen molar-refractivity contribution in [3.63, 3.8) is 0 Å². The monoisotopic (exact) mass is 328 g/mol. The van der Waals surface area contributed by atoms with E-state index in [0.29, 0.717) is 9.37 Å². The summed E-state index contributed by atoms with van der Waals surface area (Å²) >= 11 is 4.45. The Morgan fingerprint density at radius 2 is 1.88 bits per heavy atom. The van der Waals surface area contributed by atoms with E-state index in [1.807, 2.05) is 6.92 Å². The molecule has 2 unspecified atom stereocenters. The molecule has 0 bridgehead atoms. The highest BCUT2D eigenvalue weighted by atomic mass is 79.9. The Balaban J connectivity index is 2.91. The predicted octanol–water partition coefficient (Wildman–Crippen LogP) is 4.33. The van der Waals surface area contributed by atoms with Crippen LogP contribution < -0.4 is 0 Å². The zero-order chi connectivity index (χ0) is 13.2. The molecule has 2 atom stereocenters. The molecular formula is C11H12BrF3OS. The topological polar surface area (TPSA) is 20.2 Å². The average molecular weight is 329 g/mol. The lowest BCUT2D eigenvalue weighted by Gasteiger charge is -2.16. The predicted molar refractivity (Wildman–Crippen MR) is 66.1 cm³/mol. The van der Waals surface area contributed by atoms with Gasteiger partial charge < -0.3 is 5.11 Å². The summed E-state index contributed by atoms with van der Waals surface area (Å²) in [6.45, 7) is 3.47. The zero-order valence-corrected chi connectivity index (χ0v) is 11.7. The Labute approximate surface area is 111 Å². The van der Waals surface area contributed by atoms with Crippen LogP contribution in [-0.4, -0.2) is 16.5 Å². The van der Waals surface area contributed by atoms with Gasteiger partial charge in [-0.3, -0.25) is 0 Å². The maximum Gasteiger partial charge on any atom is 0.416 e. The second kappa shape index (κ2) is 5.63. The third-order valence-corrected chi connectivity index (χ3v) is 4.55. The van der Waals surface area contributed by atoms with Gasteiger partial charge in [-0.1, -0.05) is 6.92 Å². The van der Waals surface area contributed by atoms with E-state index >= 15 is 0 Å². The lowest BCUT2D eigenvalue weighted by atomic mass is 10.2. The van der Waals surface area contributed by atoms with Crippen molar-refractivity contribution >= 4 is 27.7 Å². The minimum absolute atomic E-state index is 0.0805. The Bertz CT molecular complexity index is 393. The van der Waals surface area contributed by atoms with Crippen LogP contribution in [0.5, 0.6) is 0 Å². The number of halogens is 4. The van der Waals surface area contributed by atoms with Gasteiger partial charge in [0.05, 0.1) is 11.7 Å². The summed E-state index contributed by atoms with van der Waals surface area (Å²) in [5.74, 6) is 0. The summed E-state index contributed by atoms with van der Waals surface area (Å²) < 4.78 is 37.7. The van der Waals surface area contributed by atoms with E-state index in [1.165, 1.54) is 17.8 Å². The van der Waals surface area contributed by atoms with E-state index in [-0.39, 0.29) is 5.25 Å².